The molecule has 5 aliphatic carbocycles. The van der Waals surface area contributed by atoms with Crippen LogP contribution in [0.2, 0.25) is 0 Å². The molecule has 0 saturated heterocycles. The van der Waals surface area contributed by atoms with E-state index in [4.69, 9.17) is 0 Å². The highest BCUT2D eigenvalue weighted by Gasteiger charge is 2.52. The minimum absolute atomic E-state index is 0.168. The first-order valence-electron chi connectivity index (χ1n) is 8.33. The van der Waals surface area contributed by atoms with Crippen molar-refractivity contribution in [3.8, 4) is 6.07 Å². The molecule has 4 bridgehead atoms. The summed E-state index contributed by atoms with van der Waals surface area (Å²) in [4.78, 5) is 14.1. The molecule has 5 rings (SSSR count). The third-order valence-electron chi connectivity index (χ3n) is 6.49. The van der Waals surface area contributed by atoms with Crippen LogP contribution in [0.5, 0.6) is 0 Å². The molecule has 20 heavy (non-hydrogen) atoms. The molecule has 0 aromatic heterocycles. The van der Waals surface area contributed by atoms with Crippen LogP contribution in [0.25, 0.3) is 0 Å². The Morgan fingerprint density at radius 1 is 1.10 bits per heavy atom. The first-order chi connectivity index (χ1) is 9.67. The summed E-state index contributed by atoms with van der Waals surface area (Å²) >= 11 is 0. The minimum atomic E-state index is -0.168. The highest BCUT2D eigenvalue weighted by atomic mass is 16.2. The molecular formula is C17H24N2O. The number of nitriles is 1. The standard InChI is InChI=1S/C17H24N2O/c1-19(17(20)12-2-3-12)15(9-18)16-13-5-10-4-11(7-13)8-14(16)6-10/h10-16H,2-8H2,1H3. The Balaban J connectivity index is 1.55. The molecule has 0 spiro atoms. The number of hydrogen-bond acceptors (Lipinski definition) is 2. The maximum Gasteiger partial charge on any atom is 0.226 e. The van der Waals surface area contributed by atoms with Crippen molar-refractivity contribution in [1.29, 1.82) is 5.26 Å². The fourth-order valence-electron chi connectivity index (χ4n) is 5.67. The average Bonchev–Trinajstić information content (AvgIpc) is 3.25. The molecule has 3 heteroatoms. The molecule has 1 unspecified atom stereocenters. The molecule has 108 valence electrons. The van der Waals surface area contributed by atoms with Gasteiger partial charge in [-0.1, -0.05) is 0 Å². The van der Waals surface area contributed by atoms with Gasteiger partial charge in [0.25, 0.3) is 0 Å². The summed E-state index contributed by atoms with van der Waals surface area (Å²) < 4.78 is 0. The largest absolute Gasteiger partial charge is 0.329 e. The lowest BCUT2D eigenvalue weighted by Crippen LogP contribution is -2.54. The van der Waals surface area contributed by atoms with Crippen molar-refractivity contribution in [2.45, 2.75) is 51.0 Å². The lowest BCUT2D eigenvalue weighted by Gasteiger charge is -2.56. The van der Waals surface area contributed by atoms with E-state index in [9.17, 15) is 10.1 Å². The second kappa shape index (κ2) is 4.48. The lowest BCUT2D eigenvalue weighted by atomic mass is 9.50. The van der Waals surface area contributed by atoms with Crippen LogP contribution in [0.15, 0.2) is 0 Å². The summed E-state index contributed by atoms with van der Waals surface area (Å²) in [7, 11) is 1.87. The average molecular weight is 272 g/mol. The Labute approximate surface area is 121 Å². The lowest BCUT2D eigenvalue weighted by molar-refractivity contribution is -0.136. The predicted octanol–water partition coefficient (Wildman–Crippen LogP) is 2.82. The normalized spacial score (nSPS) is 43.1. The highest BCUT2D eigenvalue weighted by molar-refractivity contribution is 5.81. The van der Waals surface area contributed by atoms with Crippen LogP contribution in [0.3, 0.4) is 0 Å². The van der Waals surface area contributed by atoms with Gasteiger partial charge in [-0.15, -0.1) is 0 Å². The summed E-state index contributed by atoms with van der Waals surface area (Å²) in [6.45, 7) is 0. The van der Waals surface area contributed by atoms with Gasteiger partial charge in [0, 0.05) is 13.0 Å². The quantitative estimate of drug-likeness (QED) is 0.793. The van der Waals surface area contributed by atoms with Crippen molar-refractivity contribution in [3.63, 3.8) is 0 Å². The molecule has 1 atom stereocenters. The van der Waals surface area contributed by atoms with Gasteiger partial charge in [-0.25, -0.2) is 0 Å². The number of rotatable bonds is 3. The third kappa shape index (κ3) is 1.88. The molecule has 5 saturated carbocycles. The first-order valence-corrected chi connectivity index (χ1v) is 8.33. The Morgan fingerprint density at radius 3 is 2.10 bits per heavy atom. The van der Waals surface area contributed by atoms with Gasteiger partial charge in [-0.2, -0.15) is 5.26 Å². The zero-order chi connectivity index (χ0) is 13.9. The van der Waals surface area contributed by atoms with E-state index in [2.05, 4.69) is 6.07 Å². The van der Waals surface area contributed by atoms with E-state index < -0.39 is 0 Å². The van der Waals surface area contributed by atoms with Crippen molar-refractivity contribution in [2.24, 2.45) is 35.5 Å². The molecule has 5 fully saturated rings. The van der Waals surface area contributed by atoms with Crippen molar-refractivity contribution in [3.05, 3.63) is 0 Å². The maximum absolute atomic E-state index is 12.3. The molecule has 0 heterocycles. The van der Waals surface area contributed by atoms with Crippen molar-refractivity contribution in [2.75, 3.05) is 7.05 Å². The molecule has 3 nitrogen and oxygen atoms in total. The zero-order valence-corrected chi connectivity index (χ0v) is 12.3. The molecule has 1 amide bonds. The van der Waals surface area contributed by atoms with Gasteiger partial charge in [-0.3, -0.25) is 4.79 Å². The Morgan fingerprint density at radius 2 is 1.65 bits per heavy atom. The molecule has 0 N–H and O–H groups in total. The van der Waals surface area contributed by atoms with Gasteiger partial charge < -0.3 is 4.90 Å². The molecule has 0 aliphatic heterocycles. The van der Waals surface area contributed by atoms with Gasteiger partial charge in [0.15, 0.2) is 0 Å². The summed E-state index contributed by atoms with van der Waals surface area (Å²) in [5.41, 5.74) is 0. The van der Waals surface area contributed by atoms with E-state index in [-0.39, 0.29) is 17.9 Å². The van der Waals surface area contributed by atoms with Crippen molar-refractivity contribution >= 4 is 5.91 Å². The predicted molar refractivity (Wildman–Crippen MR) is 75.4 cm³/mol. The number of carbonyl (C=O) groups excluding carboxylic acids is 1. The van der Waals surface area contributed by atoms with E-state index in [1.54, 1.807) is 0 Å². The summed E-state index contributed by atoms with van der Waals surface area (Å²) in [5, 5.41) is 9.69. The van der Waals surface area contributed by atoms with Crippen LogP contribution in [-0.2, 0) is 4.79 Å². The summed E-state index contributed by atoms with van der Waals surface area (Å²) in [6.07, 6.45) is 8.78. The number of hydrogen-bond donors (Lipinski definition) is 0. The van der Waals surface area contributed by atoms with E-state index in [0.29, 0.717) is 17.8 Å². The van der Waals surface area contributed by atoms with Crippen molar-refractivity contribution < 1.29 is 4.79 Å². The molecular weight excluding hydrogens is 248 g/mol. The van der Waals surface area contributed by atoms with Crippen LogP contribution in [-0.4, -0.2) is 23.9 Å². The third-order valence-corrected chi connectivity index (χ3v) is 6.49. The van der Waals surface area contributed by atoms with Crippen LogP contribution >= 0.6 is 0 Å². The SMILES string of the molecule is CN(C(=O)C1CC1)C(C#N)C1C2CC3CC(C2)CC1C3. The topological polar surface area (TPSA) is 44.1 Å². The Bertz CT molecular complexity index is 434. The molecule has 0 aromatic carbocycles. The molecule has 5 aliphatic rings. The van der Waals surface area contributed by atoms with E-state index in [1.807, 2.05) is 11.9 Å². The first kappa shape index (κ1) is 12.7. The number of amides is 1. The maximum atomic E-state index is 12.3. The van der Waals surface area contributed by atoms with Crippen LogP contribution in [0.4, 0.5) is 0 Å². The van der Waals surface area contributed by atoms with Gasteiger partial charge in [-0.05, 0) is 74.5 Å². The zero-order valence-electron chi connectivity index (χ0n) is 12.3. The van der Waals surface area contributed by atoms with Crippen LogP contribution in [0.1, 0.15) is 44.9 Å². The Hall–Kier alpha value is -1.04. The second-order valence-corrected chi connectivity index (χ2v) is 7.81. The number of nitrogens with zero attached hydrogens (tertiary/aromatic N) is 2. The van der Waals surface area contributed by atoms with E-state index in [1.165, 1.54) is 32.1 Å². The fourth-order valence-corrected chi connectivity index (χ4v) is 5.67. The molecule has 0 aromatic rings. The van der Waals surface area contributed by atoms with Gasteiger partial charge >= 0.3 is 0 Å². The number of carbonyl (C=O) groups is 1. The van der Waals surface area contributed by atoms with Crippen LogP contribution < -0.4 is 0 Å². The minimum Gasteiger partial charge on any atom is -0.329 e. The van der Waals surface area contributed by atoms with Gasteiger partial charge in [0.2, 0.25) is 5.91 Å². The second-order valence-electron chi connectivity index (χ2n) is 7.81. The monoisotopic (exact) mass is 272 g/mol. The smallest absolute Gasteiger partial charge is 0.226 e. The van der Waals surface area contributed by atoms with Crippen LogP contribution in [0, 0.1) is 46.8 Å². The Kier molecular flexibility index (Phi) is 2.84. The van der Waals surface area contributed by atoms with Crippen molar-refractivity contribution in [1.82, 2.24) is 4.90 Å². The fraction of sp³-hybridized carbons (Fsp3) is 0.882. The summed E-state index contributed by atoms with van der Waals surface area (Å²) in [6, 6.07) is 2.33. The van der Waals surface area contributed by atoms with E-state index >= 15 is 0 Å². The van der Waals surface area contributed by atoms with Gasteiger partial charge in [0.1, 0.15) is 6.04 Å². The highest BCUT2D eigenvalue weighted by Crippen LogP contribution is 2.57. The van der Waals surface area contributed by atoms with Gasteiger partial charge in [0.05, 0.1) is 6.07 Å². The molecule has 0 radical (unpaired) electrons. The summed E-state index contributed by atoms with van der Waals surface area (Å²) in [5.74, 6) is 4.20. The van der Waals surface area contributed by atoms with E-state index in [0.717, 1.165) is 24.7 Å².